The zero-order chi connectivity index (χ0) is 16.0. The van der Waals surface area contributed by atoms with Crippen LogP contribution in [0, 0.1) is 5.92 Å². The van der Waals surface area contributed by atoms with E-state index in [1.165, 1.54) is 0 Å². The van der Waals surface area contributed by atoms with Gasteiger partial charge in [0.1, 0.15) is 0 Å². The minimum atomic E-state index is -3.42. The number of hydrogen-bond acceptors (Lipinski definition) is 3. The topological polar surface area (TPSA) is 43.9 Å². The van der Waals surface area contributed by atoms with Crippen molar-refractivity contribution in [2.45, 2.75) is 39.2 Å². The highest BCUT2D eigenvalue weighted by atomic mass is 35.5. The van der Waals surface area contributed by atoms with Crippen molar-refractivity contribution in [2.24, 2.45) is 5.92 Å². The molecule has 0 saturated carbocycles. The molecule has 1 atom stereocenters. The predicted molar refractivity (Wildman–Crippen MR) is 88.9 cm³/mol. The van der Waals surface area contributed by atoms with Gasteiger partial charge in [0, 0.05) is 38.1 Å². The summed E-state index contributed by atoms with van der Waals surface area (Å²) in [6, 6.07) is -0.0561. The maximum atomic E-state index is 13.0. The van der Waals surface area contributed by atoms with E-state index in [-0.39, 0.29) is 6.04 Å². The Morgan fingerprint density at radius 1 is 1.24 bits per heavy atom. The second kappa shape index (κ2) is 8.67. The van der Waals surface area contributed by atoms with Gasteiger partial charge >= 0.3 is 0 Å². The lowest BCUT2D eigenvalue weighted by atomic mass is 10.1. The molecule has 1 heterocycles. The van der Waals surface area contributed by atoms with Crippen molar-refractivity contribution in [3.8, 4) is 0 Å². The molecule has 0 aromatic heterocycles. The molecule has 1 rings (SSSR count). The van der Waals surface area contributed by atoms with Gasteiger partial charge in [-0.3, -0.25) is 0 Å². The molecule has 0 N–H and O–H groups in total. The summed E-state index contributed by atoms with van der Waals surface area (Å²) in [5.74, 6) is 0.684. The van der Waals surface area contributed by atoms with Crippen LogP contribution >= 0.6 is 11.6 Å². The molecule has 1 saturated heterocycles. The van der Waals surface area contributed by atoms with Gasteiger partial charge in [-0.1, -0.05) is 20.3 Å². The molecule has 0 aliphatic carbocycles. The summed E-state index contributed by atoms with van der Waals surface area (Å²) >= 11 is 5.99. The Morgan fingerprint density at radius 2 is 1.90 bits per heavy atom. The van der Waals surface area contributed by atoms with E-state index >= 15 is 0 Å². The SMILES string of the molecule is CC(C)CN(CCN(C)C)S(=O)(=O)N1CCCCC1CCl. The van der Waals surface area contributed by atoms with Crippen LogP contribution in [0.3, 0.4) is 0 Å². The maximum Gasteiger partial charge on any atom is 0.282 e. The first-order valence-corrected chi connectivity index (χ1v) is 9.69. The Hall–Kier alpha value is 0.120. The first-order chi connectivity index (χ1) is 9.78. The molecular formula is C14H30ClN3O2S. The van der Waals surface area contributed by atoms with Crippen LogP contribution in [0.15, 0.2) is 0 Å². The van der Waals surface area contributed by atoms with Gasteiger partial charge in [0.25, 0.3) is 10.2 Å². The zero-order valence-electron chi connectivity index (χ0n) is 13.8. The van der Waals surface area contributed by atoms with Crippen molar-refractivity contribution < 1.29 is 8.42 Å². The molecule has 0 spiro atoms. The Morgan fingerprint density at radius 3 is 2.43 bits per heavy atom. The highest BCUT2D eigenvalue weighted by Gasteiger charge is 2.36. The molecule has 1 unspecified atom stereocenters. The summed E-state index contributed by atoms with van der Waals surface area (Å²) in [4.78, 5) is 2.01. The van der Waals surface area contributed by atoms with Crippen molar-refractivity contribution in [3.05, 3.63) is 0 Å². The van der Waals surface area contributed by atoms with Crippen LogP contribution in [0.2, 0.25) is 0 Å². The Balaban J connectivity index is 2.90. The summed E-state index contributed by atoms with van der Waals surface area (Å²) < 4.78 is 29.2. The highest BCUT2D eigenvalue weighted by Crippen LogP contribution is 2.24. The van der Waals surface area contributed by atoms with Gasteiger partial charge < -0.3 is 4.90 Å². The lowest BCUT2D eigenvalue weighted by Gasteiger charge is -2.38. The van der Waals surface area contributed by atoms with Crippen molar-refractivity contribution in [1.29, 1.82) is 0 Å². The monoisotopic (exact) mass is 339 g/mol. The average molecular weight is 340 g/mol. The smallest absolute Gasteiger partial charge is 0.282 e. The number of likely N-dealkylation sites (N-methyl/N-ethyl adjacent to an activating group) is 1. The van der Waals surface area contributed by atoms with Crippen LogP contribution < -0.4 is 0 Å². The van der Waals surface area contributed by atoms with Crippen molar-refractivity contribution >= 4 is 21.8 Å². The van der Waals surface area contributed by atoms with Gasteiger partial charge in [0.15, 0.2) is 0 Å². The number of nitrogens with zero attached hydrogens (tertiary/aromatic N) is 3. The molecule has 0 radical (unpaired) electrons. The fraction of sp³-hybridized carbons (Fsp3) is 1.00. The van der Waals surface area contributed by atoms with Crippen LogP contribution in [0.1, 0.15) is 33.1 Å². The lowest BCUT2D eigenvalue weighted by molar-refractivity contribution is 0.234. The van der Waals surface area contributed by atoms with Gasteiger partial charge in [-0.25, -0.2) is 0 Å². The molecule has 21 heavy (non-hydrogen) atoms. The first-order valence-electron chi connectivity index (χ1n) is 7.76. The summed E-state index contributed by atoms with van der Waals surface area (Å²) in [5.41, 5.74) is 0. The fourth-order valence-corrected chi connectivity index (χ4v) is 5.01. The molecule has 5 nitrogen and oxygen atoms in total. The largest absolute Gasteiger partial charge is 0.308 e. The molecule has 1 aliphatic heterocycles. The van der Waals surface area contributed by atoms with E-state index in [0.29, 0.717) is 31.4 Å². The molecule has 0 aromatic rings. The van der Waals surface area contributed by atoms with Gasteiger partial charge in [-0.05, 0) is 32.9 Å². The van der Waals surface area contributed by atoms with Crippen LogP contribution in [0.5, 0.6) is 0 Å². The summed E-state index contributed by atoms with van der Waals surface area (Å²) in [6.07, 6.45) is 2.85. The number of hydrogen-bond donors (Lipinski definition) is 0. The third-order valence-electron chi connectivity index (χ3n) is 3.74. The molecule has 7 heteroatoms. The Labute approximate surface area is 135 Å². The van der Waals surface area contributed by atoms with E-state index < -0.39 is 10.2 Å². The fourth-order valence-electron chi connectivity index (χ4n) is 2.60. The van der Waals surface area contributed by atoms with E-state index in [1.807, 2.05) is 32.8 Å². The van der Waals surface area contributed by atoms with Crippen LogP contribution in [0.25, 0.3) is 0 Å². The van der Waals surface area contributed by atoms with E-state index in [2.05, 4.69) is 0 Å². The average Bonchev–Trinajstić information content (AvgIpc) is 2.42. The van der Waals surface area contributed by atoms with Crippen LogP contribution in [-0.2, 0) is 10.2 Å². The molecule has 1 fully saturated rings. The van der Waals surface area contributed by atoms with E-state index in [0.717, 1.165) is 25.8 Å². The van der Waals surface area contributed by atoms with E-state index in [9.17, 15) is 8.42 Å². The minimum Gasteiger partial charge on any atom is -0.308 e. The zero-order valence-corrected chi connectivity index (χ0v) is 15.3. The van der Waals surface area contributed by atoms with Gasteiger partial charge in [-0.2, -0.15) is 17.0 Å². The summed E-state index contributed by atoms with van der Waals surface area (Å²) in [6.45, 7) is 6.50. The third kappa shape index (κ3) is 5.67. The standard InChI is InChI=1S/C14H30ClN3O2S/c1-13(2)12-17(10-9-16(3)4)21(19,20)18-8-6-5-7-14(18)11-15/h13-14H,5-12H2,1-4H3. The van der Waals surface area contributed by atoms with Gasteiger partial charge in [0.05, 0.1) is 0 Å². The number of alkyl halides is 1. The molecule has 0 bridgehead atoms. The molecule has 0 aromatic carbocycles. The second-order valence-electron chi connectivity index (χ2n) is 6.48. The summed E-state index contributed by atoms with van der Waals surface area (Å²) in [7, 11) is 0.501. The number of halogens is 1. The molecule has 0 amide bonds. The minimum absolute atomic E-state index is 0.0561. The first kappa shape index (κ1) is 19.2. The van der Waals surface area contributed by atoms with Crippen LogP contribution in [-0.4, -0.2) is 74.1 Å². The maximum absolute atomic E-state index is 13.0. The Kier molecular flexibility index (Phi) is 7.92. The molecule has 1 aliphatic rings. The van der Waals surface area contributed by atoms with Crippen molar-refractivity contribution in [2.75, 3.05) is 46.2 Å². The van der Waals surface area contributed by atoms with Crippen molar-refractivity contribution in [1.82, 2.24) is 13.5 Å². The number of piperidine rings is 1. The predicted octanol–water partition coefficient (Wildman–Crippen LogP) is 1.84. The quantitative estimate of drug-likeness (QED) is 0.634. The van der Waals surface area contributed by atoms with E-state index in [4.69, 9.17) is 11.6 Å². The van der Waals surface area contributed by atoms with Crippen LogP contribution in [0.4, 0.5) is 0 Å². The third-order valence-corrected chi connectivity index (χ3v) is 6.15. The van der Waals surface area contributed by atoms with Gasteiger partial charge in [0.2, 0.25) is 0 Å². The highest BCUT2D eigenvalue weighted by molar-refractivity contribution is 7.86. The van der Waals surface area contributed by atoms with Crippen molar-refractivity contribution in [3.63, 3.8) is 0 Å². The normalized spacial score (nSPS) is 21.6. The summed E-state index contributed by atoms with van der Waals surface area (Å²) in [5, 5.41) is 0. The molecule has 126 valence electrons. The lowest BCUT2D eigenvalue weighted by Crippen LogP contribution is -2.53. The second-order valence-corrected chi connectivity index (χ2v) is 8.67. The molecular weight excluding hydrogens is 310 g/mol. The Bertz CT molecular complexity index is 401. The number of rotatable bonds is 8. The van der Waals surface area contributed by atoms with E-state index in [1.54, 1.807) is 8.61 Å². The van der Waals surface area contributed by atoms with Gasteiger partial charge in [-0.15, -0.1) is 11.6 Å².